The Balaban J connectivity index is 1.63. The fraction of sp³-hybridized carbons (Fsp3) is 0.412. The van der Waals surface area contributed by atoms with Gasteiger partial charge < -0.3 is 15.2 Å². The number of imidazole rings is 1. The van der Waals surface area contributed by atoms with E-state index in [4.69, 9.17) is 5.73 Å². The van der Waals surface area contributed by atoms with Crippen LogP contribution in [0.2, 0.25) is 0 Å². The van der Waals surface area contributed by atoms with E-state index in [-0.39, 0.29) is 43.7 Å². The van der Waals surface area contributed by atoms with Gasteiger partial charge in [-0.1, -0.05) is 0 Å². The van der Waals surface area contributed by atoms with Crippen molar-refractivity contribution >= 4 is 5.91 Å². The van der Waals surface area contributed by atoms with Crippen LogP contribution in [0, 0.1) is 17.5 Å². The third kappa shape index (κ3) is 4.13. The van der Waals surface area contributed by atoms with Crippen molar-refractivity contribution in [2.24, 2.45) is 5.73 Å². The molecule has 0 radical (unpaired) electrons. The Bertz CT molecular complexity index is 895. The van der Waals surface area contributed by atoms with Crippen LogP contribution in [0.1, 0.15) is 23.5 Å². The first kappa shape index (κ1) is 20.2. The number of amides is 1. The van der Waals surface area contributed by atoms with E-state index in [0.29, 0.717) is 12.1 Å². The molecule has 0 bridgehead atoms. The highest BCUT2D eigenvalue weighted by Gasteiger charge is 2.38. The van der Waals surface area contributed by atoms with E-state index in [0.717, 1.165) is 10.8 Å². The smallest absolute Gasteiger partial charge is 0.335 e. The number of nitrogens with two attached hydrogens (primary N) is 1. The fourth-order valence-electron chi connectivity index (χ4n) is 3.15. The van der Waals surface area contributed by atoms with Crippen LogP contribution in [-0.2, 0) is 30.5 Å². The average Bonchev–Trinajstić information content (AvgIpc) is 3.03. The van der Waals surface area contributed by atoms with E-state index in [1.165, 1.54) is 4.90 Å². The average molecular weight is 406 g/mol. The second-order valence-corrected chi connectivity index (χ2v) is 6.56. The van der Waals surface area contributed by atoms with Gasteiger partial charge in [-0.05, 0) is 18.1 Å². The maximum Gasteiger partial charge on any atom is 0.449 e. The molecule has 28 heavy (non-hydrogen) atoms. The molecule has 11 heteroatoms. The van der Waals surface area contributed by atoms with Gasteiger partial charge in [0.1, 0.15) is 5.82 Å². The lowest BCUT2D eigenvalue weighted by atomic mass is 10.0. The fourth-order valence-corrected chi connectivity index (χ4v) is 3.15. The number of carbonyl (C=O) groups excluding carboxylic acids is 1. The molecule has 0 spiro atoms. The van der Waals surface area contributed by atoms with E-state index < -0.39 is 41.4 Å². The summed E-state index contributed by atoms with van der Waals surface area (Å²) in [5.74, 6) is -4.96. The van der Waals surface area contributed by atoms with Crippen LogP contribution < -0.4 is 5.73 Å². The van der Waals surface area contributed by atoms with Crippen molar-refractivity contribution in [2.75, 3.05) is 6.54 Å². The van der Waals surface area contributed by atoms with Gasteiger partial charge in [0.2, 0.25) is 11.7 Å². The molecule has 1 aromatic carbocycles. The van der Waals surface area contributed by atoms with E-state index >= 15 is 0 Å². The Kier molecular flexibility index (Phi) is 5.37. The van der Waals surface area contributed by atoms with E-state index in [9.17, 15) is 31.1 Å². The Labute approximate surface area is 155 Å². The van der Waals surface area contributed by atoms with Crippen LogP contribution in [0.15, 0.2) is 18.3 Å². The highest BCUT2D eigenvalue weighted by atomic mass is 19.4. The first-order valence-electron chi connectivity index (χ1n) is 8.34. The van der Waals surface area contributed by atoms with Crippen LogP contribution in [-0.4, -0.2) is 32.9 Å². The number of alkyl halides is 3. The zero-order chi connectivity index (χ0) is 20.6. The van der Waals surface area contributed by atoms with Crippen molar-refractivity contribution < 1.29 is 31.1 Å². The molecule has 1 atom stereocenters. The minimum absolute atomic E-state index is 0.0392. The quantitative estimate of drug-likeness (QED) is 0.627. The number of fused-ring (bicyclic) bond motifs is 1. The molecule has 1 aliphatic rings. The molecule has 1 aromatic heterocycles. The number of aromatic nitrogens is 2. The Morgan fingerprint density at radius 2 is 1.82 bits per heavy atom. The first-order valence-corrected chi connectivity index (χ1v) is 8.34. The Hall–Kier alpha value is -2.56. The molecule has 2 aromatic rings. The van der Waals surface area contributed by atoms with Gasteiger partial charge in [-0.15, -0.1) is 0 Å². The first-order chi connectivity index (χ1) is 13.1. The maximum absolute atomic E-state index is 13.7. The Morgan fingerprint density at radius 1 is 1.14 bits per heavy atom. The second kappa shape index (κ2) is 7.46. The lowest BCUT2D eigenvalue weighted by molar-refractivity contribution is -0.148. The second-order valence-electron chi connectivity index (χ2n) is 6.56. The molecule has 3 rings (SSSR count). The molecule has 2 heterocycles. The van der Waals surface area contributed by atoms with Crippen molar-refractivity contribution in [3.8, 4) is 0 Å². The topological polar surface area (TPSA) is 64.2 Å². The third-order valence-electron chi connectivity index (χ3n) is 4.50. The van der Waals surface area contributed by atoms with Crippen molar-refractivity contribution in [2.45, 2.75) is 38.1 Å². The van der Waals surface area contributed by atoms with Gasteiger partial charge in [0.25, 0.3) is 0 Å². The highest BCUT2D eigenvalue weighted by molar-refractivity contribution is 5.77. The summed E-state index contributed by atoms with van der Waals surface area (Å²) in [6.07, 6.45) is -3.93. The highest BCUT2D eigenvalue weighted by Crippen LogP contribution is 2.30. The molecule has 152 valence electrons. The van der Waals surface area contributed by atoms with Crippen LogP contribution in [0.5, 0.6) is 0 Å². The molecule has 1 aliphatic heterocycles. The Morgan fingerprint density at radius 3 is 2.50 bits per heavy atom. The van der Waals surface area contributed by atoms with Gasteiger partial charge in [-0.3, -0.25) is 4.79 Å². The SMILES string of the molecule is NC(CC(=O)N1CCn2c(cnc2C(F)(F)F)C1)Cc1cc(F)c(F)cc1F. The number of benzene rings is 1. The summed E-state index contributed by atoms with van der Waals surface area (Å²) < 4.78 is 79.5. The van der Waals surface area contributed by atoms with Crippen LogP contribution in [0.4, 0.5) is 26.3 Å². The molecule has 1 unspecified atom stereocenters. The standard InChI is InChI=1S/C17H16F6N4O/c18-12-6-14(20)13(19)4-9(12)3-10(24)5-15(28)26-1-2-27-11(8-26)7-25-16(27)17(21,22)23/h4,6-7,10H,1-3,5,8,24H2. The maximum atomic E-state index is 13.7. The van der Waals surface area contributed by atoms with Crippen molar-refractivity contribution in [3.63, 3.8) is 0 Å². The summed E-state index contributed by atoms with van der Waals surface area (Å²) in [5, 5.41) is 0. The van der Waals surface area contributed by atoms with E-state index in [1.54, 1.807) is 0 Å². The summed E-state index contributed by atoms with van der Waals surface area (Å²) in [4.78, 5) is 17.1. The third-order valence-corrected chi connectivity index (χ3v) is 4.50. The summed E-state index contributed by atoms with van der Waals surface area (Å²) in [6.45, 7) is -0.0886. The van der Waals surface area contributed by atoms with Gasteiger partial charge in [0, 0.05) is 31.6 Å². The van der Waals surface area contributed by atoms with Gasteiger partial charge in [-0.2, -0.15) is 13.2 Å². The van der Waals surface area contributed by atoms with Gasteiger partial charge in [-0.25, -0.2) is 18.2 Å². The van der Waals surface area contributed by atoms with Crippen LogP contribution in [0.25, 0.3) is 0 Å². The molecular formula is C17H16F6N4O. The summed E-state index contributed by atoms with van der Waals surface area (Å²) in [5.41, 5.74) is 5.91. The normalized spacial score (nSPS) is 15.5. The van der Waals surface area contributed by atoms with E-state index in [1.807, 2.05) is 0 Å². The molecule has 0 saturated heterocycles. The minimum atomic E-state index is -4.58. The monoisotopic (exact) mass is 406 g/mol. The van der Waals surface area contributed by atoms with Crippen molar-refractivity contribution in [1.82, 2.24) is 14.5 Å². The van der Waals surface area contributed by atoms with Crippen LogP contribution in [0.3, 0.4) is 0 Å². The number of halogens is 6. The van der Waals surface area contributed by atoms with Gasteiger partial charge in [0.15, 0.2) is 11.6 Å². The number of hydrogen-bond acceptors (Lipinski definition) is 3. The van der Waals surface area contributed by atoms with Gasteiger partial charge >= 0.3 is 6.18 Å². The number of carbonyl (C=O) groups is 1. The largest absolute Gasteiger partial charge is 0.449 e. The molecule has 0 fully saturated rings. The minimum Gasteiger partial charge on any atom is -0.335 e. The number of rotatable bonds is 4. The van der Waals surface area contributed by atoms with Crippen molar-refractivity contribution in [1.29, 1.82) is 0 Å². The molecule has 2 N–H and O–H groups in total. The number of hydrogen-bond donors (Lipinski definition) is 1. The lowest BCUT2D eigenvalue weighted by Gasteiger charge is -2.30. The lowest BCUT2D eigenvalue weighted by Crippen LogP contribution is -2.41. The molecular weight excluding hydrogens is 390 g/mol. The summed E-state index contributed by atoms with van der Waals surface area (Å²) in [6, 6.07) is 0.223. The van der Waals surface area contributed by atoms with Crippen LogP contribution >= 0.6 is 0 Å². The predicted octanol–water partition coefficient (Wildman–Crippen LogP) is 2.62. The predicted molar refractivity (Wildman–Crippen MR) is 85.3 cm³/mol. The molecule has 1 amide bonds. The summed E-state index contributed by atoms with van der Waals surface area (Å²) >= 11 is 0. The molecule has 0 saturated carbocycles. The van der Waals surface area contributed by atoms with Gasteiger partial charge in [0.05, 0.1) is 18.4 Å². The van der Waals surface area contributed by atoms with E-state index in [2.05, 4.69) is 4.98 Å². The zero-order valence-electron chi connectivity index (χ0n) is 14.4. The molecule has 5 nitrogen and oxygen atoms in total. The zero-order valence-corrected chi connectivity index (χ0v) is 14.4. The number of nitrogens with zero attached hydrogens (tertiary/aromatic N) is 3. The van der Waals surface area contributed by atoms with Crippen molar-refractivity contribution in [3.05, 3.63) is 52.9 Å². The summed E-state index contributed by atoms with van der Waals surface area (Å²) in [7, 11) is 0. The molecule has 0 aliphatic carbocycles.